The molecule has 0 aromatic heterocycles. The molecule has 7 nitrogen and oxygen atoms in total. The van der Waals surface area contributed by atoms with Gasteiger partial charge in [-0.2, -0.15) is 5.26 Å². The number of nitriles is 1. The molecule has 0 saturated heterocycles. The minimum absolute atomic E-state index is 0.263. The lowest BCUT2D eigenvalue weighted by Gasteiger charge is -2.22. The largest absolute Gasteiger partial charge is 0.491 e. The summed E-state index contributed by atoms with van der Waals surface area (Å²) < 4.78 is 10.3. The minimum atomic E-state index is -1.24. The smallest absolute Gasteiger partial charge is 0.408 e. The Balaban J connectivity index is 2.59. The number of carbonyl (C=O) groups is 2. The first-order valence-corrected chi connectivity index (χ1v) is 6.56. The van der Waals surface area contributed by atoms with Gasteiger partial charge in [-0.25, -0.2) is 9.59 Å². The molecule has 0 bridgehead atoms. The van der Waals surface area contributed by atoms with Gasteiger partial charge in [0.25, 0.3) is 0 Å². The highest BCUT2D eigenvalue weighted by molar-refractivity contribution is 5.80. The third-order valence-electron chi connectivity index (χ3n) is 2.39. The fraction of sp³-hybridized carbons (Fsp3) is 0.400. The third kappa shape index (κ3) is 6.13. The molecule has 0 fully saturated rings. The Morgan fingerprint density at radius 1 is 1.32 bits per heavy atom. The van der Waals surface area contributed by atoms with Crippen molar-refractivity contribution in [1.82, 2.24) is 5.32 Å². The quantitative estimate of drug-likeness (QED) is 0.860. The molecule has 0 unspecified atom stereocenters. The van der Waals surface area contributed by atoms with Crippen molar-refractivity contribution in [3.05, 3.63) is 29.8 Å². The van der Waals surface area contributed by atoms with Gasteiger partial charge in [0.2, 0.25) is 0 Å². The van der Waals surface area contributed by atoms with Crippen molar-refractivity contribution >= 4 is 12.1 Å². The van der Waals surface area contributed by atoms with Crippen molar-refractivity contribution in [3.8, 4) is 11.8 Å². The van der Waals surface area contributed by atoms with Crippen LogP contribution in [0.3, 0.4) is 0 Å². The summed E-state index contributed by atoms with van der Waals surface area (Å²) in [5.41, 5.74) is -0.254. The van der Waals surface area contributed by atoms with Gasteiger partial charge in [0.05, 0.1) is 11.6 Å². The number of aliphatic carboxylic acids is 1. The van der Waals surface area contributed by atoms with Gasteiger partial charge in [0.15, 0.2) is 6.04 Å². The monoisotopic (exact) mass is 306 g/mol. The van der Waals surface area contributed by atoms with Gasteiger partial charge in [0, 0.05) is 0 Å². The molecule has 7 heteroatoms. The Morgan fingerprint density at radius 2 is 1.91 bits per heavy atom. The highest BCUT2D eigenvalue weighted by atomic mass is 16.6. The molecule has 118 valence electrons. The SMILES string of the molecule is CC(C)(C)OC(=O)N[C@H](COc1ccc(C#N)cc1)C(=O)O. The number of hydrogen-bond acceptors (Lipinski definition) is 5. The molecule has 22 heavy (non-hydrogen) atoms. The maximum absolute atomic E-state index is 11.6. The van der Waals surface area contributed by atoms with E-state index in [4.69, 9.17) is 19.8 Å². The number of benzene rings is 1. The number of nitrogens with zero attached hydrogens (tertiary/aromatic N) is 1. The van der Waals surface area contributed by atoms with Crippen LogP contribution in [-0.4, -0.2) is 35.4 Å². The molecule has 1 atom stereocenters. The molecule has 0 radical (unpaired) electrons. The zero-order chi connectivity index (χ0) is 16.8. The van der Waals surface area contributed by atoms with Crippen LogP contribution in [-0.2, 0) is 9.53 Å². The number of ether oxygens (including phenoxy) is 2. The van der Waals surface area contributed by atoms with Crippen LogP contribution < -0.4 is 10.1 Å². The molecule has 1 amide bonds. The van der Waals surface area contributed by atoms with Gasteiger partial charge in [-0.15, -0.1) is 0 Å². The molecule has 0 aliphatic heterocycles. The predicted molar refractivity (Wildman–Crippen MR) is 77.4 cm³/mol. The molecule has 2 N–H and O–H groups in total. The van der Waals surface area contributed by atoms with Gasteiger partial charge < -0.3 is 19.9 Å². The van der Waals surface area contributed by atoms with Crippen LogP contribution in [0.1, 0.15) is 26.3 Å². The maximum atomic E-state index is 11.6. The van der Waals surface area contributed by atoms with Gasteiger partial charge in [-0.05, 0) is 45.0 Å². The van der Waals surface area contributed by atoms with E-state index in [-0.39, 0.29) is 6.61 Å². The second-order valence-corrected chi connectivity index (χ2v) is 5.48. The Labute approximate surface area is 128 Å². The molecular formula is C15H18N2O5. The zero-order valence-electron chi connectivity index (χ0n) is 12.6. The van der Waals surface area contributed by atoms with Crippen LogP contribution in [0.25, 0.3) is 0 Å². The summed E-state index contributed by atoms with van der Waals surface area (Å²) in [6.45, 7) is 4.77. The molecule has 0 aliphatic rings. The van der Waals surface area contributed by atoms with E-state index in [9.17, 15) is 9.59 Å². The highest BCUT2D eigenvalue weighted by Crippen LogP contribution is 2.12. The van der Waals surface area contributed by atoms with E-state index in [1.807, 2.05) is 6.07 Å². The van der Waals surface area contributed by atoms with E-state index in [1.165, 1.54) is 0 Å². The van der Waals surface area contributed by atoms with Crippen molar-refractivity contribution in [2.24, 2.45) is 0 Å². The molecule has 1 aromatic rings. The van der Waals surface area contributed by atoms with E-state index < -0.39 is 23.7 Å². The van der Waals surface area contributed by atoms with E-state index in [0.717, 1.165) is 0 Å². The second-order valence-electron chi connectivity index (χ2n) is 5.48. The summed E-state index contributed by atoms with van der Waals surface area (Å²) in [4.78, 5) is 22.7. The van der Waals surface area contributed by atoms with E-state index in [0.29, 0.717) is 11.3 Å². The van der Waals surface area contributed by atoms with Gasteiger partial charge in [-0.1, -0.05) is 0 Å². The first-order valence-electron chi connectivity index (χ1n) is 6.56. The van der Waals surface area contributed by atoms with Crippen LogP contribution in [0.4, 0.5) is 4.79 Å². The Bertz CT molecular complexity index is 569. The summed E-state index contributed by atoms with van der Waals surface area (Å²) in [6, 6.07) is 6.91. The van der Waals surface area contributed by atoms with Crippen molar-refractivity contribution in [3.63, 3.8) is 0 Å². The number of alkyl carbamates (subject to hydrolysis) is 1. The average Bonchev–Trinajstić information content (AvgIpc) is 2.41. The molecule has 0 heterocycles. The lowest BCUT2D eigenvalue weighted by Crippen LogP contribution is -2.46. The Morgan fingerprint density at radius 3 is 2.36 bits per heavy atom. The Kier molecular flexibility index (Phi) is 5.75. The zero-order valence-corrected chi connectivity index (χ0v) is 12.6. The Hall–Kier alpha value is -2.75. The summed E-state index contributed by atoms with van der Waals surface area (Å²) >= 11 is 0. The number of carboxylic acids is 1. The van der Waals surface area contributed by atoms with Gasteiger partial charge in [-0.3, -0.25) is 0 Å². The van der Waals surface area contributed by atoms with Crippen LogP contribution in [0.5, 0.6) is 5.75 Å². The second kappa shape index (κ2) is 7.31. The number of amides is 1. The van der Waals surface area contributed by atoms with Gasteiger partial charge >= 0.3 is 12.1 Å². The predicted octanol–water partition coefficient (Wildman–Crippen LogP) is 1.91. The van der Waals surface area contributed by atoms with Crippen molar-refractivity contribution in [2.45, 2.75) is 32.4 Å². The minimum Gasteiger partial charge on any atom is -0.491 e. The average molecular weight is 306 g/mol. The topological polar surface area (TPSA) is 109 Å². The van der Waals surface area contributed by atoms with Crippen LogP contribution in [0.2, 0.25) is 0 Å². The fourth-order valence-electron chi connectivity index (χ4n) is 1.43. The number of rotatable bonds is 5. The van der Waals surface area contributed by atoms with Crippen molar-refractivity contribution in [2.75, 3.05) is 6.61 Å². The molecular weight excluding hydrogens is 288 g/mol. The maximum Gasteiger partial charge on any atom is 0.408 e. The summed E-state index contributed by atoms with van der Waals surface area (Å²) in [5.74, 6) is -0.837. The van der Waals surface area contributed by atoms with Gasteiger partial charge in [0.1, 0.15) is 18.0 Å². The molecule has 0 spiro atoms. The number of carboxylic acid groups (broad SMARTS) is 1. The number of carbonyl (C=O) groups excluding carboxylic acids is 1. The lowest BCUT2D eigenvalue weighted by molar-refractivity contribution is -0.140. The van der Waals surface area contributed by atoms with Crippen LogP contribution in [0.15, 0.2) is 24.3 Å². The number of nitrogens with one attached hydrogen (secondary N) is 1. The van der Waals surface area contributed by atoms with Crippen molar-refractivity contribution < 1.29 is 24.2 Å². The van der Waals surface area contributed by atoms with Crippen molar-refractivity contribution in [1.29, 1.82) is 5.26 Å². The normalized spacial score (nSPS) is 11.9. The summed E-state index contributed by atoms with van der Waals surface area (Å²) in [5, 5.41) is 20.0. The molecule has 1 rings (SSSR count). The van der Waals surface area contributed by atoms with E-state index >= 15 is 0 Å². The molecule has 0 saturated carbocycles. The number of hydrogen-bond donors (Lipinski definition) is 2. The van der Waals surface area contributed by atoms with Crippen LogP contribution >= 0.6 is 0 Å². The van der Waals surface area contributed by atoms with Crippen LogP contribution in [0, 0.1) is 11.3 Å². The first kappa shape index (κ1) is 17.3. The lowest BCUT2D eigenvalue weighted by atomic mass is 10.2. The van der Waals surface area contributed by atoms with E-state index in [2.05, 4.69) is 5.32 Å². The standard InChI is InChI=1S/C15H18N2O5/c1-15(2,3)22-14(20)17-12(13(18)19)9-21-11-6-4-10(8-16)5-7-11/h4-7,12H,9H2,1-3H3,(H,17,20)(H,18,19)/t12-/m1/s1. The third-order valence-corrected chi connectivity index (χ3v) is 2.39. The van der Waals surface area contributed by atoms with E-state index in [1.54, 1.807) is 45.0 Å². The summed E-state index contributed by atoms with van der Waals surface area (Å²) in [6.07, 6.45) is -0.830. The molecule has 1 aromatic carbocycles. The fourth-order valence-corrected chi connectivity index (χ4v) is 1.43. The highest BCUT2D eigenvalue weighted by Gasteiger charge is 2.24. The first-order chi connectivity index (χ1) is 10.2. The summed E-state index contributed by atoms with van der Waals surface area (Å²) in [7, 11) is 0. The molecule has 0 aliphatic carbocycles.